The SMILES string of the molecule is Cc1ccc(-n2nc(C)cc2NC(=O)Cn2cnc3c(cnn3-c3ccccc3[N+](=O)[O-])c2=O)cc1. The van der Waals surface area contributed by atoms with Crippen LogP contribution < -0.4 is 10.9 Å². The number of rotatable bonds is 6. The topological polar surface area (TPSA) is 143 Å². The lowest BCUT2D eigenvalue weighted by Gasteiger charge is -2.10. The number of nitro benzene ring substituents is 1. The van der Waals surface area contributed by atoms with E-state index in [-0.39, 0.29) is 29.0 Å². The molecule has 36 heavy (non-hydrogen) atoms. The lowest BCUT2D eigenvalue weighted by molar-refractivity contribution is -0.384. The molecule has 5 aromatic rings. The molecule has 180 valence electrons. The summed E-state index contributed by atoms with van der Waals surface area (Å²) in [5, 5.41) is 22.9. The number of aryl methyl sites for hydroxylation is 2. The Hall–Kier alpha value is -5.13. The van der Waals surface area contributed by atoms with Gasteiger partial charge in [-0.3, -0.25) is 24.3 Å². The summed E-state index contributed by atoms with van der Waals surface area (Å²) in [6.45, 7) is 3.50. The van der Waals surface area contributed by atoms with E-state index in [9.17, 15) is 19.7 Å². The van der Waals surface area contributed by atoms with Gasteiger partial charge in [0.2, 0.25) is 5.91 Å². The minimum absolute atomic E-state index is 0.129. The van der Waals surface area contributed by atoms with Gasteiger partial charge in [0.05, 0.1) is 22.5 Å². The summed E-state index contributed by atoms with van der Waals surface area (Å²) >= 11 is 0. The van der Waals surface area contributed by atoms with E-state index in [1.807, 2.05) is 38.1 Å². The Morgan fingerprint density at radius 2 is 1.83 bits per heavy atom. The third-order valence-electron chi connectivity index (χ3n) is 5.55. The van der Waals surface area contributed by atoms with Gasteiger partial charge in [-0.15, -0.1) is 0 Å². The summed E-state index contributed by atoms with van der Waals surface area (Å²) < 4.78 is 4.01. The van der Waals surface area contributed by atoms with Gasteiger partial charge in [-0.25, -0.2) is 14.3 Å². The molecule has 2 aromatic carbocycles. The van der Waals surface area contributed by atoms with Crippen LogP contribution in [0.4, 0.5) is 11.5 Å². The van der Waals surface area contributed by atoms with Crippen molar-refractivity contribution in [3.63, 3.8) is 0 Å². The first-order valence-corrected chi connectivity index (χ1v) is 10.9. The van der Waals surface area contributed by atoms with Crippen molar-refractivity contribution in [3.05, 3.63) is 98.8 Å². The summed E-state index contributed by atoms with van der Waals surface area (Å²) in [7, 11) is 0. The van der Waals surface area contributed by atoms with E-state index in [0.717, 1.165) is 15.8 Å². The van der Waals surface area contributed by atoms with E-state index < -0.39 is 16.4 Å². The van der Waals surface area contributed by atoms with Gasteiger partial charge in [0.25, 0.3) is 11.2 Å². The number of hydrogen-bond donors (Lipinski definition) is 1. The fourth-order valence-corrected chi connectivity index (χ4v) is 3.84. The molecule has 0 saturated heterocycles. The maximum Gasteiger partial charge on any atom is 0.294 e. The van der Waals surface area contributed by atoms with Crippen molar-refractivity contribution in [2.45, 2.75) is 20.4 Å². The van der Waals surface area contributed by atoms with Crippen LogP contribution in [0.5, 0.6) is 0 Å². The number of nitrogens with zero attached hydrogens (tertiary/aromatic N) is 7. The van der Waals surface area contributed by atoms with E-state index in [1.54, 1.807) is 22.9 Å². The summed E-state index contributed by atoms with van der Waals surface area (Å²) in [6.07, 6.45) is 2.51. The lowest BCUT2D eigenvalue weighted by Crippen LogP contribution is -2.28. The standard InChI is InChI=1S/C24H20N8O4/c1-15-7-9-17(10-8-15)30-21(11-16(2)28-30)27-22(33)13-29-14-25-23-18(24(29)34)12-26-31(23)19-5-3-4-6-20(19)32(35)36/h3-12,14H,13H2,1-2H3,(H,27,33). The molecule has 0 saturated carbocycles. The summed E-state index contributed by atoms with van der Waals surface area (Å²) in [5.41, 5.74) is 2.26. The summed E-state index contributed by atoms with van der Waals surface area (Å²) in [5.74, 6) is 0.0187. The van der Waals surface area contributed by atoms with Crippen molar-refractivity contribution < 1.29 is 9.72 Å². The van der Waals surface area contributed by atoms with Crippen LogP contribution in [0, 0.1) is 24.0 Å². The Morgan fingerprint density at radius 3 is 2.58 bits per heavy atom. The molecule has 0 fully saturated rings. The van der Waals surface area contributed by atoms with Crippen molar-refractivity contribution in [3.8, 4) is 11.4 Å². The van der Waals surface area contributed by atoms with Crippen molar-refractivity contribution in [1.29, 1.82) is 0 Å². The molecule has 0 bridgehead atoms. The number of nitro groups is 1. The zero-order valence-corrected chi connectivity index (χ0v) is 19.3. The molecular weight excluding hydrogens is 464 g/mol. The number of aromatic nitrogens is 6. The van der Waals surface area contributed by atoms with E-state index >= 15 is 0 Å². The largest absolute Gasteiger partial charge is 0.309 e. The molecular formula is C24H20N8O4. The molecule has 0 aliphatic carbocycles. The number of anilines is 1. The molecule has 1 N–H and O–H groups in total. The second kappa shape index (κ2) is 8.91. The highest BCUT2D eigenvalue weighted by atomic mass is 16.6. The Morgan fingerprint density at radius 1 is 1.08 bits per heavy atom. The molecule has 0 unspecified atom stereocenters. The number of amides is 1. The number of fused-ring (bicyclic) bond motifs is 1. The average Bonchev–Trinajstić information content (AvgIpc) is 3.45. The van der Waals surface area contributed by atoms with Gasteiger partial charge in [0.15, 0.2) is 5.65 Å². The molecule has 3 heterocycles. The van der Waals surface area contributed by atoms with Crippen LogP contribution in [0.3, 0.4) is 0 Å². The summed E-state index contributed by atoms with van der Waals surface area (Å²) in [4.78, 5) is 41.0. The third kappa shape index (κ3) is 4.11. The molecule has 12 nitrogen and oxygen atoms in total. The fourth-order valence-electron chi connectivity index (χ4n) is 3.84. The quantitative estimate of drug-likeness (QED) is 0.288. The van der Waals surface area contributed by atoms with Crippen LogP contribution in [0.25, 0.3) is 22.4 Å². The van der Waals surface area contributed by atoms with Gasteiger partial charge >= 0.3 is 0 Å². The van der Waals surface area contributed by atoms with Crippen LogP contribution in [-0.2, 0) is 11.3 Å². The predicted molar refractivity (Wildman–Crippen MR) is 131 cm³/mol. The van der Waals surface area contributed by atoms with Crippen LogP contribution in [-0.4, -0.2) is 39.9 Å². The fraction of sp³-hybridized carbons (Fsp3) is 0.125. The number of benzene rings is 2. The molecule has 0 radical (unpaired) electrons. The average molecular weight is 484 g/mol. The zero-order valence-electron chi connectivity index (χ0n) is 19.3. The van der Waals surface area contributed by atoms with Crippen LogP contribution >= 0.6 is 0 Å². The molecule has 12 heteroatoms. The second-order valence-corrected chi connectivity index (χ2v) is 8.18. The van der Waals surface area contributed by atoms with Gasteiger partial charge in [-0.2, -0.15) is 10.2 Å². The Bertz CT molecular complexity index is 1680. The Kier molecular flexibility index (Phi) is 5.60. The number of hydrogen-bond acceptors (Lipinski definition) is 7. The number of carbonyl (C=O) groups is 1. The minimum atomic E-state index is -0.530. The highest BCUT2D eigenvalue weighted by molar-refractivity contribution is 5.90. The van der Waals surface area contributed by atoms with Crippen molar-refractivity contribution in [1.82, 2.24) is 29.1 Å². The third-order valence-corrected chi connectivity index (χ3v) is 5.55. The van der Waals surface area contributed by atoms with Crippen LogP contribution in [0.15, 0.2) is 71.9 Å². The van der Waals surface area contributed by atoms with Gasteiger partial charge in [0.1, 0.15) is 29.8 Å². The lowest BCUT2D eigenvalue weighted by atomic mass is 10.2. The van der Waals surface area contributed by atoms with Crippen molar-refractivity contribution in [2.24, 2.45) is 0 Å². The molecule has 1 amide bonds. The van der Waals surface area contributed by atoms with Crippen LogP contribution in [0.2, 0.25) is 0 Å². The maximum atomic E-state index is 13.0. The Labute approximate surface area is 203 Å². The first-order valence-electron chi connectivity index (χ1n) is 10.9. The minimum Gasteiger partial charge on any atom is -0.309 e. The highest BCUT2D eigenvalue weighted by Crippen LogP contribution is 2.24. The normalized spacial score (nSPS) is 11.1. The Balaban J connectivity index is 1.42. The number of para-hydroxylation sites is 2. The van der Waals surface area contributed by atoms with E-state index in [2.05, 4.69) is 20.5 Å². The highest BCUT2D eigenvalue weighted by Gasteiger charge is 2.20. The smallest absolute Gasteiger partial charge is 0.294 e. The molecule has 5 rings (SSSR count). The van der Waals surface area contributed by atoms with Crippen LogP contribution in [0.1, 0.15) is 11.3 Å². The molecule has 3 aromatic heterocycles. The second-order valence-electron chi connectivity index (χ2n) is 8.18. The van der Waals surface area contributed by atoms with Gasteiger partial charge in [-0.1, -0.05) is 29.8 Å². The van der Waals surface area contributed by atoms with Gasteiger partial charge in [-0.05, 0) is 32.0 Å². The molecule has 0 atom stereocenters. The monoisotopic (exact) mass is 484 g/mol. The predicted octanol–water partition coefficient (Wildman–Crippen LogP) is 2.93. The van der Waals surface area contributed by atoms with Gasteiger partial charge in [0, 0.05) is 12.1 Å². The molecule has 0 aliphatic heterocycles. The maximum absolute atomic E-state index is 13.0. The van der Waals surface area contributed by atoms with E-state index in [1.165, 1.54) is 29.3 Å². The van der Waals surface area contributed by atoms with Crippen molar-refractivity contribution >= 4 is 28.4 Å². The number of nitrogens with one attached hydrogen (secondary N) is 1. The first kappa shape index (κ1) is 22.7. The zero-order chi connectivity index (χ0) is 25.4. The molecule has 0 aliphatic rings. The first-order chi connectivity index (χ1) is 17.3. The van der Waals surface area contributed by atoms with Crippen molar-refractivity contribution in [2.75, 3.05) is 5.32 Å². The van der Waals surface area contributed by atoms with Gasteiger partial charge < -0.3 is 5.32 Å². The summed E-state index contributed by atoms with van der Waals surface area (Å²) in [6, 6.07) is 15.5. The molecule has 0 spiro atoms. The van der Waals surface area contributed by atoms with E-state index in [0.29, 0.717) is 11.5 Å². The van der Waals surface area contributed by atoms with E-state index in [4.69, 9.17) is 0 Å². The number of carbonyl (C=O) groups excluding carboxylic acids is 1.